The fourth-order valence-electron chi connectivity index (χ4n) is 0.683. The van der Waals surface area contributed by atoms with E-state index in [0.29, 0.717) is 6.29 Å². The van der Waals surface area contributed by atoms with Crippen molar-refractivity contribution in [3.8, 4) is 0 Å². The van der Waals surface area contributed by atoms with Crippen molar-refractivity contribution in [3.63, 3.8) is 0 Å². The van der Waals surface area contributed by atoms with Gasteiger partial charge >= 0.3 is 0 Å². The van der Waals surface area contributed by atoms with Gasteiger partial charge in [-0.25, -0.2) is 0 Å². The molecule has 0 radical (unpaired) electrons. The number of nitrogens with zero attached hydrogens (tertiary/aromatic N) is 1. The molecule has 1 aromatic rings. The number of carbonyl (C=O) groups is 1. The first kappa shape index (κ1) is 7.78. The average molecular weight is 157 g/mol. The lowest BCUT2D eigenvalue weighted by molar-refractivity contribution is -0.107. The molecule has 1 rings (SSSR count). The molecule has 0 spiro atoms. The normalized spacial score (nSPS) is 9.64. The molecule has 0 saturated heterocycles. The fraction of sp³-hybridized carbons (Fsp3) is 0.143. The first-order valence-corrected chi connectivity index (χ1v) is 2.98. The summed E-state index contributed by atoms with van der Waals surface area (Å²) in [7, 11) is 0. The molecule has 0 atom stereocenters. The second-order valence-electron chi connectivity index (χ2n) is 1.95. The number of rotatable bonds is 2. The van der Waals surface area contributed by atoms with Crippen LogP contribution < -0.4 is 0 Å². The summed E-state index contributed by atoms with van der Waals surface area (Å²) in [5, 5.41) is 0. The van der Waals surface area contributed by atoms with E-state index in [9.17, 15) is 13.6 Å². The molecule has 0 N–H and O–H groups in total. The van der Waals surface area contributed by atoms with E-state index in [-0.39, 0.29) is 12.0 Å². The first-order valence-electron chi connectivity index (χ1n) is 2.98. The molecule has 0 aliphatic carbocycles. The SMILES string of the molecule is O=CCc1ccc(F)nc1F. The molecule has 0 aromatic carbocycles. The van der Waals surface area contributed by atoms with Crippen LogP contribution in [0.1, 0.15) is 5.56 Å². The van der Waals surface area contributed by atoms with E-state index in [4.69, 9.17) is 0 Å². The standard InChI is InChI=1S/C7H5F2NO/c8-6-2-1-5(3-4-11)7(9)10-6/h1-2,4H,3H2. The molecule has 4 heteroatoms. The molecular weight excluding hydrogens is 152 g/mol. The van der Waals surface area contributed by atoms with E-state index in [1.54, 1.807) is 0 Å². The van der Waals surface area contributed by atoms with Crippen molar-refractivity contribution in [2.45, 2.75) is 6.42 Å². The molecule has 2 nitrogen and oxygen atoms in total. The van der Waals surface area contributed by atoms with Gasteiger partial charge in [-0.1, -0.05) is 0 Å². The van der Waals surface area contributed by atoms with Gasteiger partial charge in [0, 0.05) is 12.0 Å². The van der Waals surface area contributed by atoms with Gasteiger partial charge in [0.2, 0.25) is 11.9 Å². The Morgan fingerprint density at radius 1 is 1.45 bits per heavy atom. The number of aldehydes is 1. The zero-order valence-corrected chi connectivity index (χ0v) is 5.55. The summed E-state index contributed by atoms with van der Waals surface area (Å²) in [6, 6.07) is 2.22. The Hall–Kier alpha value is -1.32. The number of hydrogen-bond donors (Lipinski definition) is 0. The highest BCUT2D eigenvalue weighted by Gasteiger charge is 2.03. The first-order chi connectivity index (χ1) is 5.24. The van der Waals surface area contributed by atoms with Gasteiger partial charge in [0.1, 0.15) is 6.29 Å². The van der Waals surface area contributed by atoms with Crippen LogP contribution in [0.4, 0.5) is 8.78 Å². The van der Waals surface area contributed by atoms with E-state index >= 15 is 0 Å². The van der Waals surface area contributed by atoms with Crippen molar-refractivity contribution in [3.05, 3.63) is 29.6 Å². The van der Waals surface area contributed by atoms with Crippen molar-refractivity contribution in [2.24, 2.45) is 0 Å². The summed E-state index contributed by atoms with van der Waals surface area (Å²) in [4.78, 5) is 12.8. The Labute approximate surface area is 61.9 Å². The van der Waals surface area contributed by atoms with Crippen molar-refractivity contribution in [1.82, 2.24) is 4.98 Å². The number of hydrogen-bond acceptors (Lipinski definition) is 2. The van der Waals surface area contributed by atoms with Crippen LogP contribution in [0.25, 0.3) is 0 Å². The predicted molar refractivity (Wildman–Crippen MR) is 33.9 cm³/mol. The summed E-state index contributed by atoms with van der Waals surface area (Å²) < 4.78 is 24.7. The van der Waals surface area contributed by atoms with Gasteiger partial charge in [-0.3, -0.25) is 0 Å². The third-order valence-electron chi connectivity index (χ3n) is 1.20. The van der Waals surface area contributed by atoms with Crippen molar-refractivity contribution in [2.75, 3.05) is 0 Å². The van der Waals surface area contributed by atoms with E-state index < -0.39 is 11.9 Å². The Morgan fingerprint density at radius 2 is 2.18 bits per heavy atom. The minimum atomic E-state index is -0.919. The average Bonchev–Trinajstić information content (AvgIpc) is 1.95. The Kier molecular flexibility index (Phi) is 2.25. The van der Waals surface area contributed by atoms with Crippen LogP contribution in [0, 0.1) is 11.9 Å². The maximum absolute atomic E-state index is 12.5. The van der Waals surface area contributed by atoms with Crippen LogP contribution >= 0.6 is 0 Å². The Bertz CT molecular complexity index is 275. The van der Waals surface area contributed by atoms with Crippen molar-refractivity contribution >= 4 is 6.29 Å². The van der Waals surface area contributed by atoms with Gasteiger partial charge in [0.15, 0.2) is 0 Å². The maximum Gasteiger partial charge on any atom is 0.219 e. The second-order valence-corrected chi connectivity index (χ2v) is 1.95. The third-order valence-corrected chi connectivity index (χ3v) is 1.20. The summed E-state index contributed by atoms with van der Waals surface area (Å²) in [6.07, 6.45) is 0.469. The maximum atomic E-state index is 12.5. The minimum absolute atomic E-state index is 0.0703. The van der Waals surface area contributed by atoms with Crippen LogP contribution in [-0.2, 0) is 11.2 Å². The van der Waals surface area contributed by atoms with Gasteiger partial charge in [0.05, 0.1) is 0 Å². The Morgan fingerprint density at radius 3 is 2.73 bits per heavy atom. The quantitative estimate of drug-likeness (QED) is 0.475. The highest BCUT2D eigenvalue weighted by molar-refractivity contribution is 5.54. The van der Waals surface area contributed by atoms with E-state index in [2.05, 4.69) is 4.98 Å². The predicted octanol–water partition coefficient (Wildman–Crippen LogP) is 1.10. The summed E-state index contributed by atoms with van der Waals surface area (Å²) in [6.45, 7) is 0. The highest BCUT2D eigenvalue weighted by Crippen LogP contribution is 2.04. The van der Waals surface area contributed by atoms with Crippen molar-refractivity contribution in [1.29, 1.82) is 0 Å². The summed E-state index contributed by atoms with van der Waals surface area (Å²) in [5.74, 6) is -1.80. The summed E-state index contributed by atoms with van der Waals surface area (Å²) in [5.41, 5.74) is 0.112. The van der Waals surface area contributed by atoms with E-state index in [1.807, 2.05) is 0 Å². The molecule has 11 heavy (non-hydrogen) atoms. The molecule has 0 aliphatic heterocycles. The topological polar surface area (TPSA) is 30.0 Å². The van der Waals surface area contributed by atoms with Crippen LogP contribution in [-0.4, -0.2) is 11.3 Å². The molecule has 0 amide bonds. The lowest BCUT2D eigenvalue weighted by Crippen LogP contribution is -1.96. The second kappa shape index (κ2) is 3.18. The van der Waals surface area contributed by atoms with Gasteiger partial charge in [-0.05, 0) is 12.1 Å². The number of halogens is 2. The molecule has 0 saturated carbocycles. The van der Waals surface area contributed by atoms with Gasteiger partial charge in [-0.15, -0.1) is 0 Å². The molecule has 0 fully saturated rings. The number of pyridine rings is 1. The van der Waals surface area contributed by atoms with Gasteiger partial charge in [0.25, 0.3) is 0 Å². The molecule has 0 unspecified atom stereocenters. The monoisotopic (exact) mass is 157 g/mol. The molecule has 1 heterocycles. The van der Waals surface area contributed by atoms with Gasteiger partial charge < -0.3 is 4.79 Å². The van der Waals surface area contributed by atoms with Crippen LogP contribution in [0.3, 0.4) is 0 Å². The number of carbonyl (C=O) groups excluding carboxylic acids is 1. The van der Waals surface area contributed by atoms with Crippen LogP contribution in [0.15, 0.2) is 12.1 Å². The highest BCUT2D eigenvalue weighted by atomic mass is 19.1. The lowest BCUT2D eigenvalue weighted by atomic mass is 10.2. The summed E-state index contributed by atoms with van der Waals surface area (Å²) >= 11 is 0. The van der Waals surface area contributed by atoms with Gasteiger partial charge in [-0.2, -0.15) is 13.8 Å². The van der Waals surface area contributed by atoms with Crippen LogP contribution in [0.2, 0.25) is 0 Å². The van der Waals surface area contributed by atoms with E-state index in [0.717, 1.165) is 6.07 Å². The molecule has 0 bridgehead atoms. The zero-order valence-electron chi connectivity index (χ0n) is 5.55. The van der Waals surface area contributed by atoms with Crippen LogP contribution in [0.5, 0.6) is 0 Å². The lowest BCUT2D eigenvalue weighted by Gasteiger charge is -1.95. The zero-order chi connectivity index (χ0) is 8.27. The fourth-order valence-corrected chi connectivity index (χ4v) is 0.683. The molecule has 0 aliphatic rings. The number of aromatic nitrogens is 1. The van der Waals surface area contributed by atoms with E-state index in [1.165, 1.54) is 6.07 Å². The molecule has 58 valence electrons. The third kappa shape index (κ3) is 1.80. The largest absolute Gasteiger partial charge is 0.303 e. The minimum Gasteiger partial charge on any atom is -0.303 e. The smallest absolute Gasteiger partial charge is 0.219 e. The molecular formula is C7H5F2NO. The Balaban J connectivity index is 2.98. The molecule has 1 aromatic heterocycles. The van der Waals surface area contributed by atoms with Crippen molar-refractivity contribution < 1.29 is 13.6 Å².